The Morgan fingerprint density at radius 1 is 1.42 bits per heavy atom. The predicted octanol–water partition coefficient (Wildman–Crippen LogP) is -0.296. The highest BCUT2D eigenvalue weighted by Gasteiger charge is 2.25. The normalized spacial score (nSPS) is 17.4. The number of piperazine rings is 1. The summed E-state index contributed by atoms with van der Waals surface area (Å²) in [6.45, 7) is 3.17. The van der Waals surface area contributed by atoms with Crippen molar-refractivity contribution in [3.63, 3.8) is 0 Å². The van der Waals surface area contributed by atoms with Crippen LogP contribution in [0.25, 0.3) is 0 Å². The summed E-state index contributed by atoms with van der Waals surface area (Å²) in [4.78, 5) is 20.3. The third-order valence-corrected chi connectivity index (χ3v) is 3.23. The topological polar surface area (TPSA) is 71.7 Å². The quantitative estimate of drug-likeness (QED) is 0.808. The van der Waals surface area contributed by atoms with Gasteiger partial charge in [-0.1, -0.05) is 6.07 Å². The van der Waals surface area contributed by atoms with E-state index in [0.29, 0.717) is 13.1 Å². The van der Waals surface area contributed by atoms with Gasteiger partial charge in [0, 0.05) is 39.5 Å². The number of rotatable bonds is 4. The smallest absolute Gasteiger partial charge is 0.241 e. The van der Waals surface area contributed by atoms with Gasteiger partial charge in [0.05, 0.1) is 6.61 Å². The fourth-order valence-electron chi connectivity index (χ4n) is 2.18. The average Bonchev–Trinajstić information content (AvgIpc) is 2.48. The van der Waals surface area contributed by atoms with Crippen LogP contribution in [0.5, 0.6) is 0 Å². The van der Waals surface area contributed by atoms with E-state index in [0.717, 1.165) is 18.9 Å². The molecular formula is C13H20N4O2. The van der Waals surface area contributed by atoms with Gasteiger partial charge in [0.25, 0.3) is 0 Å². The van der Waals surface area contributed by atoms with Gasteiger partial charge in [0.1, 0.15) is 11.9 Å². The van der Waals surface area contributed by atoms with Gasteiger partial charge in [0.2, 0.25) is 5.91 Å². The Balaban J connectivity index is 1.87. The van der Waals surface area contributed by atoms with Gasteiger partial charge in [0.15, 0.2) is 0 Å². The first-order chi connectivity index (χ1) is 9.22. The molecule has 19 heavy (non-hydrogen) atoms. The zero-order valence-corrected chi connectivity index (χ0v) is 11.2. The molecule has 1 saturated heterocycles. The number of hydrogen-bond donors (Lipinski definition) is 1. The maximum absolute atomic E-state index is 12.0. The highest BCUT2D eigenvalue weighted by atomic mass is 16.5. The number of pyridine rings is 1. The summed E-state index contributed by atoms with van der Waals surface area (Å²) in [5.74, 6) is 0.915. The van der Waals surface area contributed by atoms with Gasteiger partial charge in [-0.25, -0.2) is 4.98 Å². The van der Waals surface area contributed by atoms with Crippen LogP contribution in [-0.4, -0.2) is 61.7 Å². The summed E-state index contributed by atoms with van der Waals surface area (Å²) in [6.07, 6.45) is 1.78. The van der Waals surface area contributed by atoms with Crippen LogP contribution in [-0.2, 0) is 9.53 Å². The summed E-state index contributed by atoms with van der Waals surface area (Å²) in [5, 5.41) is 0. The first-order valence-corrected chi connectivity index (χ1v) is 6.41. The molecule has 0 aromatic carbocycles. The van der Waals surface area contributed by atoms with Crippen molar-refractivity contribution in [1.29, 1.82) is 0 Å². The number of nitrogens with two attached hydrogens (primary N) is 1. The fraction of sp³-hybridized carbons (Fsp3) is 0.538. The number of carbonyl (C=O) groups excluding carboxylic acids is 1. The van der Waals surface area contributed by atoms with Crippen LogP contribution in [0.4, 0.5) is 5.82 Å². The third kappa shape index (κ3) is 3.42. The molecule has 104 valence electrons. The molecule has 0 spiro atoms. The van der Waals surface area contributed by atoms with E-state index in [-0.39, 0.29) is 12.5 Å². The molecular weight excluding hydrogens is 244 g/mol. The highest BCUT2D eigenvalue weighted by Crippen LogP contribution is 2.12. The minimum absolute atomic E-state index is 0.0393. The molecule has 1 aliphatic rings. The molecule has 1 aromatic rings. The Bertz CT molecular complexity index is 404. The number of carbonyl (C=O) groups is 1. The Kier molecular flexibility index (Phi) is 4.70. The minimum atomic E-state index is -0.564. The molecule has 1 aromatic heterocycles. The Labute approximate surface area is 113 Å². The van der Waals surface area contributed by atoms with Crippen LogP contribution >= 0.6 is 0 Å². The van der Waals surface area contributed by atoms with Crippen LogP contribution in [0.2, 0.25) is 0 Å². The first kappa shape index (κ1) is 13.8. The van der Waals surface area contributed by atoms with Gasteiger partial charge in [-0.2, -0.15) is 0 Å². The Hall–Kier alpha value is -1.66. The molecule has 0 radical (unpaired) electrons. The van der Waals surface area contributed by atoms with E-state index in [9.17, 15) is 4.79 Å². The minimum Gasteiger partial charge on any atom is -0.383 e. The van der Waals surface area contributed by atoms with Crippen LogP contribution in [0.15, 0.2) is 24.4 Å². The van der Waals surface area contributed by atoms with Crippen molar-refractivity contribution >= 4 is 11.7 Å². The SMILES string of the molecule is COCC(N)C(=O)N1CCN(c2ccccn2)CC1. The summed E-state index contributed by atoms with van der Waals surface area (Å²) < 4.78 is 4.91. The standard InChI is InChI=1S/C13H20N4O2/c1-19-10-11(14)13(18)17-8-6-16(7-9-17)12-4-2-3-5-15-12/h2-5,11H,6-10,14H2,1H3. The average molecular weight is 264 g/mol. The van der Waals surface area contributed by atoms with Crippen LogP contribution in [0.1, 0.15) is 0 Å². The van der Waals surface area contributed by atoms with Gasteiger partial charge >= 0.3 is 0 Å². The molecule has 0 saturated carbocycles. The van der Waals surface area contributed by atoms with Crippen LogP contribution in [0.3, 0.4) is 0 Å². The number of methoxy groups -OCH3 is 1. The summed E-state index contributed by atoms with van der Waals surface area (Å²) >= 11 is 0. The maximum atomic E-state index is 12.0. The zero-order valence-electron chi connectivity index (χ0n) is 11.2. The molecule has 1 aliphatic heterocycles. The molecule has 6 heteroatoms. The van der Waals surface area contributed by atoms with Crippen molar-refractivity contribution in [2.75, 3.05) is 44.8 Å². The van der Waals surface area contributed by atoms with Gasteiger partial charge < -0.3 is 20.3 Å². The highest BCUT2D eigenvalue weighted by molar-refractivity contribution is 5.82. The van der Waals surface area contributed by atoms with Crippen molar-refractivity contribution in [3.05, 3.63) is 24.4 Å². The van der Waals surface area contributed by atoms with E-state index in [2.05, 4.69) is 9.88 Å². The lowest BCUT2D eigenvalue weighted by molar-refractivity contribution is -0.134. The molecule has 1 fully saturated rings. The molecule has 2 rings (SSSR count). The lowest BCUT2D eigenvalue weighted by Crippen LogP contribution is -2.54. The van der Waals surface area contributed by atoms with Crippen LogP contribution in [0, 0.1) is 0 Å². The molecule has 6 nitrogen and oxygen atoms in total. The van der Waals surface area contributed by atoms with Crippen molar-refractivity contribution in [2.24, 2.45) is 5.73 Å². The second-order valence-electron chi connectivity index (χ2n) is 4.56. The largest absolute Gasteiger partial charge is 0.383 e. The molecule has 0 bridgehead atoms. The van der Waals surface area contributed by atoms with Crippen molar-refractivity contribution in [1.82, 2.24) is 9.88 Å². The number of anilines is 1. The van der Waals surface area contributed by atoms with Crippen molar-refractivity contribution in [2.45, 2.75) is 6.04 Å². The Morgan fingerprint density at radius 3 is 2.74 bits per heavy atom. The first-order valence-electron chi connectivity index (χ1n) is 6.41. The van der Waals surface area contributed by atoms with E-state index in [4.69, 9.17) is 10.5 Å². The lowest BCUT2D eigenvalue weighted by atomic mass is 10.2. The molecule has 2 N–H and O–H groups in total. The summed E-state index contributed by atoms with van der Waals surface area (Å²) in [5.41, 5.74) is 5.76. The second kappa shape index (κ2) is 6.49. The molecule has 2 heterocycles. The van der Waals surface area contributed by atoms with E-state index in [1.807, 2.05) is 18.2 Å². The fourth-order valence-corrected chi connectivity index (χ4v) is 2.18. The van der Waals surface area contributed by atoms with E-state index in [1.54, 1.807) is 18.2 Å². The third-order valence-electron chi connectivity index (χ3n) is 3.23. The molecule has 1 amide bonds. The van der Waals surface area contributed by atoms with E-state index < -0.39 is 6.04 Å². The van der Waals surface area contributed by atoms with Crippen molar-refractivity contribution < 1.29 is 9.53 Å². The van der Waals surface area contributed by atoms with Gasteiger partial charge in [-0.3, -0.25) is 4.79 Å². The molecule has 1 unspecified atom stereocenters. The number of amides is 1. The second-order valence-corrected chi connectivity index (χ2v) is 4.56. The molecule has 1 atom stereocenters. The predicted molar refractivity (Wildman–Crippen MR) is 72.9 cm³/mol. The maximum Gasteiger partial charge on any atom is 0.241 e. The zero-order chi connectivity index (χ0) is 13.7. The summed E-state index contributed by atoms with van der Waals surface area (Å²) in [7, 11) is 1.55. The number of aromatic nitrogens is 1. The van der Waals surface area contributed by atoms with E-state index in [1.165, 1.54) is 0 Å². The number of ether oxygens (including phenoxy) is 1. The van der Waals surface area contributed by atoms with Gasteiger partial charge in [-0.05, 0) is 12.1 Å². The monoisotopic (exact) mass is 264 g/mol. The van der Waals surface area contributed by atoms with E-state index >= 15 is 0 Å². The Morgan fingerprint density at radius 2 is 2.16 bits per heavy atom. The lowest BCUT2D eigenvalue weighted by Gasteiger charge is -2.36. The summed E-state index contributed by atoms with van der Waals surface area (Å²) in [6, 6.07) is 5.28. The van der Waals surface area contributed by atoms with Crippen molar-refractivity contribution in [3.8, 4) is 0 Å². The van der Waals surface area contributed by atoms with Crippen LogP contribution < -0.4 is 10.6 Å². The molecule has 0 aliphatic carbocycles. The number of hydrogen-bond acceptors (Lipinski definition) is 5. The number of nitrogens with zero attached hydrogens (tertiary/aromatic N) is 3. The van der Waals surface area contributed by atoms with Gasteiger partial charge in [-0.15, -0.1) is 0 Å².